The Balaban J connectivity index is 1.53. The van der Waals surface area contributed by atoms with Crippen LogP contribution >= 0.6 is 34.5 Å². The topological polar surface area (TPSA) is 66.7 Å². The molecule has 29 heavy (non-hydrogen) atoms. The summed E-state index contributed by atoms with van der Waals surface area (Å²) in [4.78, 5) is 32.8. The third-order valence-corrected chi connectivity index (χ3v) is 6.78. The number of aromatic nitrogens is 2. The van der Waals surface area contributed by atoms with Crippen molar-refractivity contribution < 1.29 is 4.79 Å². The minimum absolute atomic E-state index is 0.0856. The number of benzene rings is 1. The molecule has 152 valence electrons. The van der Waals surface area contributed by atoms with Gasteiger partial charge in [-0.05, 0) is 44.5 Å². The summed E-state index contributed by atoms with van der Waals surface area (Å²) in [6.07, 6.45) is 2.75. The zero-order valence-electron chi connectivity index (χ0n) is 15.8. The molecule has 1 aliphatic rings. The standard InChI is InChI=1S/C20H20Cl2N4O2S/c1-12-11-29-20-24-14(9-18(27)26(12)20)10-25-7-3-2-4-17(25)19(28)23-13-5-6-15(21)16(22)8-13/h5-6,8-9,11,17H,2-4,7,10H2,1H3,(H,23,28). The summed E-state index contributed by atoms with van der Waals surface area (Å²) < 4.78 is 1.61. The van der Waals surface area contributed by atoms with Crippen molar-refractivity contribution in [3.05, 3.63) is 61.4 Å². The molecule has 0 bridgehead atoms. The molecule has 1 amide bonds. The Morgan fingerprint density at radius 2 is 2.10 bits per heavy atom. The van der Waals surface area contributed by atoms with Gasteiger partial charge >= 0.3 is 0 Å². The average Bonchev–Trinajstić information content (AvgIpc) is 3.06. The van der Waals surface area contributed by atoms with E-state index in [0.717, 1.165) is 31.5 Å². The van der Waals surface area contributed by atoms with E-state index in [0.29, 0.717) is 32.9 Å². The van der Waals surface area contributed by atoms with Gasteiger partial charge < -0.3 is 5.32 Å². The molecule has 1 fully saturated rings. The Morgan fingerprint density at radius 1 is 1.28 bits per heavy atom. The van der Waals surface area contributed by atoms with Gasteiger partial charge in [0.25, 0.3) is 5.56 Å². The number of rotatable bonds is 4. The lowest BCUT2D eigenvalue weighted by atomic mass is 10.0. The van der Waals surface area contributed by atoms with Crippen molar-refractivity contribution >= 4 is 51.1 Å². The summed E-state index contributed by atoms with van der Waals surface area (Å²) in [5.74, 6) is -0.0899. The predicted octanol–water partition coefficient (Wildman–Crippen LogP) is 4.36. The normalized spacial score (nSPS) is 17.6. The molecule has 0 aliphatic carbocycles. The molecule has 6 nitrogen and oxygen atoms in total. The smallest absolute Gasteiger partial charge is 0.259 e. The fourth-order valence-electron chi connectivity index (χ4n) is 3.67. The summed E-state index contributed by atoms with van der Waals surface area (Å²) in [6.45, 7) is 3.13. The number of halogens is 2. The molecule has 0 radical (unpaired) electrons. The van der Waals surface area contributed by atoms with E-state index in [1.54, 1.807) is 28.7 Å². The van der Waals surface area contributed by atoms with Crippen molar-refractivity contribution in [2.45, 2.75) is 38.8 Å². The second kappa shape index (κ2) is 8.44. The second-order valence-corrected chi connectivity index (χ2v) is 8.83. The van der Waals surface area contributed by atoms with Crippen LogP contribution in [0.15, 0.2) is 34.4 Å². The maximum absolute atomic E-state index is 12.9. The minimum Gasteiger partial charge on any atom is -0.325 e. The molecule has 1 atom stereocenters. The molecule has 4 rings (SSSR count). The van der Waals surface area contributed by atoms with Gasteiger partial charge in [-0.1, -0.05) is 29.6 Å². The van der Waals surface area contributed by atoms with Crippen LogP contribution in [0.4, 0.5) is 5.69 Å². The highest BCUT2D eigenvalue weighted by atomic mass is 35.5. The van der Waals surface area contributed by atoms with Crippen molar-refractivity contribution in [3.63, 3.8) is 0 Å². The molecule has 1 aliphatic heterocycles. The number of carbonyl (C=O) groups is 1. The Labute approximate surface area is 182 Å². The van der Waals surface area contributed by atoms with E-state index in [1.807, 2.05) is 12.3 Å². The van der Waals surface area contributed by atoms with Crippen LogP contribution in [0.2, 0.25) is 10.0 Å². The van der Waals surface area contributed by atoms with Gasteiger partial charge in [0.1, 0.15) is 0 Å². The third-order valence-electron chi connectivity index (χ3n) is 5.10. The lowest BCUT2D eigenvalue weighted by Crippen LogP contribution is -2.46. The van der Waals surface area contributed by atoms with Crippen LogP contribution in [0.5, 0.6) is 0 Å². The van der Waals surface area contributed by atoms with Crippen LogP contribution < -0.4 is 10.9 Å². The number of likely N-dealkylation sites (tertiary alicyclic amines) is 1. The highest BCUT2D eigenvalue weighted by Gasteiger charge is 2.29. The second-order valence-electron chi connectivity index (χ2n) is 7.18. The number of hydrogen-bond acceptors (Lipinski definition) is 5. The lowest BCUT2D eigenvalue weighted by Gasteiger charge is -2.34. The number of fused-ring (bicyclic) bond motifs is 1. The largest absolute Gasteiger partial charge is 0.325 e. The Morgan fingerprint density at radius 3 is 2.90 bits per heavy atom. The zero-order valence-corrected chi connectivity index (χ0v) is 18.2. The monoisotopic (exact) mass is 450 g/mol. The maximum Gasteiger partial charge on any atom is 0.259 e. The number of anilines is 1. The summed E-state index contributed by atoms with van der Waals surface area (Å²) in [5.41, 5.74) is 2.09. The number of aryl methyl sites for hydroxylation is 1. The Kier molecular flexibility index (Phi) is 5.92. The molecule has 0 spiro atoms. The summed E-state index contributed by atoms with van der Waals surface area (Å²) in [7, 11) is 0. The first kappa shape index (κ1) is 20.3. The van der Waals surface area contributed by atoms with Crippen LogP contribution in [0.1, 0.15) is 30.7 Å². The van der Waals surface area contributed by atoms with Gasteiger partial charge in [0.15, 0.2) is 4.96 Å². The molecule has 1 aromatic carbocycles. The number of nitrogens with zero attached hydrogens (tertiary/aromatic N) is 3. The number of thiazole rings is 1. The quantitative estimate of drug-likeness (QED) is 0.640. The van der Waals surface area contributed by atoms with E-state index in [4.69, 9.17) is 23.2 Å². The highest BCUT2D eigenvalue weighted by Crippen LogP contribution is 2.26. The lowest BCUT2D eigenvalue weighted by molar-refractivity contribution is -0.122. The van der Waals surface area contributed by atoms with Crippen molar-refractivity contribution in [2.24, 2.45) is 0 Å². The van der Waals surface area contributed by atoms with Crippen molar-refractivity contribution in [1.29, 1.82) is 0 Å². The summed E-state index contributed by atoms with van der Waals surface area (Å²) in [5, 5.41) is 5.69. The number of hydrogen-bond donors (Lipinski definition) is 1. The van der Waals surface area contributed by atoms with Crippen LogP contribution in [0.3, 0.4) is 0 Å². The van der Waals surface area contributed by atoms with Gasteiger partial charge in [0.2, 0.25) is 5.91 Å². The van der Waals surface area contributed by atoms with Gasteiger partial charge in [-0.15, -0.1) is 11.3 Å². The average molecular weight is 451 g/mol. The van der Waals surface area contributed by atoms with Crippen LogP contribution in [0, 0.1) is 6.92 Å². The van der Waals surface area contributed by atoms with Crippen molar-refractivity contribution in [2.75, 3.05) is 11.9 Å². The number of carbonyl (C=O) groups excluding carboxylic acids is 1. The molecular weight excluding hydrogens is 431 g/mol. The van der Waals surface area contributed by atoms with E-state index in [9.17, 15) is 9.59 Å². The van der Waals surface area contributed by atoms with Crippen LogP contribution in [-0.2, 0) is 11.3 Å². The first-order valence-electron chi connectivity index (χ1n) is 9.39. The molecule has 0 saturated carbocycles. The zero-order chi connectivity index (χ0) is 20.5. The molecule has 3 aromatic rings. The number of amides is 1. The first-order valence-corrected chi connectivity index (χ1v) is 11.0. The van der Waals surface area contributed by atoms with Crippen molar-refractivity contribution in [1.82, 2.24) is 14.3 Å². The molecule has 3 heterocycles. The number of piperidine rings is 1. The van der Waals surface area contributed by atoms with Crippen LogP contribution in [-0.4, -0.2) is 32.8 Å². The fraction of sp³-hybridized carbons (Fsp3) is 0.350. The Hall–Kier alpha value is -1.93. The van der Waals surface area contributed by atoms with E-state index in [1.165, 1.54) is 11.3 Å². The third kappa shape index (κ3) is 4.33. The summed E-state index contributed by atoms with van der Waals surface area (Å²) >= 11 is 13.4. The molecular formula is C20H20Cl2N4O2S. The number of nitrogens with one attached hydrogen (secondary N) is 1. The maximum atomic E-state index is 12.9. The highest BCUT2D eigenvalue weighted by molar-refractivity contribution is 7.15. The van der Waals surface area contributed by atoms with E-state index in [2.05, 4.69) is 15.2 Å². The predicted molar refractivity (Wildman–Crippen MR) is 117 cm³/mol. The van der Waals surface area contributed by atoms with Crippen molar-refractivity contribution in [3.8, 4) is 0 Å². The molecule has 9 heteroatoms. The molecule has 2 aromatic heterocycles. The first-order chi connectivity index (χ1) is 13.9. The molecule has 1 unspecified atom stereocenters. The molecule has 1 saturated heterocycles. The summed E-state index contributed by atoms with van der Waals surface area (Å²) in [6, 6.07) is 6.31. The van der Waals surface area contributed by atoms with Crippen LogP contribution in [0.25, 0.3) is 4.96 Å². The van der Waals surface area contributed by atoms with Gasteiger partial charge in [-0.25, -0.2) is 4.98 Å². The van der Waals surface area contributed by atoms with E-state index < -0.39 is 0 Å². The fourth-order valence-corrected chi connectivity index (χ4v) is 4.86. The van der Waals surface area contributed by atoms with Gasteiger partial charge in [-0.3, -0.25) is 18.9 Å². The molecule has 1 N–H and O–H groups in total. The van der Waals surface area contributed by atoms with E-state index >= 15 is 0 Å². The van der Waals surface area contributed by atoms with Gasteiger partial charge in [0, 0.05) is 29.4 Å². The van der Waals surface area contributed by atoms with Gasteiger partial charge in [0.05, 0.1) is 21.8 Å². The SMILES string of the molecule is Cc1csc2nc(CN3CCCCC3C(=O)Nc3ccc(Cl)c(Cl)c3)cc(=O)n12. The minimum atomic E-state index is -0.288. The van der Waals surface area contributed by atoms with Gasteiger partial charge in [-0.2, -0.15) is 0 Å². The Bertz CT molecular complexity index is 1130. The van der Waals surface area contributed by atoms with E-state index in [-0.39, 0.29) is 17.5 Å².